The van der Waals surface area contributed by atoms with Crippen LogP contribution in [-0.4, -0.2) is 30.1 Å². The van der Waals surface area contributed by atoms with Gasteiger partial charge in [-0.25, -0.2) is 0 Å². The summed E-state index contributed by atoms with van der Waals surface area (Å²) in [5, 5.41) is 23.1. The lowest BCUT2D eigenvalue weighted by molar-refractivity contribution is 0.432. The largest absolute Gasteiger partial charge is 0.333 e. The lowest BCUT2D eigenvalue weighted by Crippen LogP contribution is -1.84. The van der Waals surface area contributed by atoms with Gasteiger partial charge < -0.3 is 4.52 Å². The fourth-order valence-corrected chi connectivity index (χ4v) is 1.52. The summed E-state index contributed by atoms with van der Waals surface area (Å²) in [7, 11) is 1.80. The van der Waals surface area contributed by atoms with Crippen LogP contribution in [0.15, 0.2) is 23.1 Å². The van der Waals surface area contributed by atoms with Crippen LogP contribution in [0.2, 0.25) is 0 Å². The molecule has 0 bridgehead atoms. The van der Waals surface area contributed by atoms with Crippen LogP contribution in [0.25, 0.3) is 22.8 Å². The second-order valence-electron chi connectivity index (χ2n) is 3.60. The van der Waals surface area contributed by atoms with E-state index in [1.165, 1.54) is 6.20 Å². The van der Waals surface area contributed by atoms with Gasteiger partial charge in [-0.15, -0.1) is 0 Å². The van der Waals surface area contributed by atoms with Gasteiger partial charge in [-0.3, -0.25) is 9.78 Å². The first-order valence-electron chi connectivity index (χ1n) is 5.04. The molecule has 0 saturated carbocycles. The van der Waals surface area contributed by atoms with Gasteiger partial charge in [-0.05, 0) is 0 Å². The molecular formula is C10H7N7O. The third kappa shape index (κ3) is 1.54. The van der Waals surface area contributed by atoms with E-state index in [1.54, 1.807) is 24.1 Å². The number of aromatic amines is 1. The van der Waals surface area contributed by atoms with E-state index in [1.807, 2.05) is 6.07 Å². The Morgan fingerprint density at radius 2 is 2.33 bits per heavy atom. The summed E-state index contributed by atoms with van der Waals surface area (Å²) in [6, 6.07) is 1.96. The lowest BCUT2D eigenvalue weighted by atomic mass is 10.2. The van der Waals surface area contributed by atoms with Gasteiger partial charge in [0.2, 0.25) is 5.82 Å². The van der Waals surface area contributed by atoms with Gasteiger partial charge in [-0.1, -0.05) is 5.16 Å². The molecular weight excluding hydrogens is 234 g/mol. The van der Waals surface area contributed by atoms with Gasteiger partial charge >= 0.3 is 0 Å². The van der Waals surface area contributed by atoms with E-state index in [0.29, 0.717) is 11.4 Å². The Bertz CT molecular complexity index is 729. The minimum absolute atomic E-state index is 0.249. The number of H-pyrrole nitrogens is 1. The van der Waals surface area contributed by atoms with E-state index in [4.69, 9.17) is 9.78 Å². The standard InChI is InChI=1S/C10H7N7O/c1-17-5-6(3-13-17)9-14-10(18-16-9)7-4-12-15-8(7)2-11/h3-5H,1H3,(H,12,15). The smallest absolute Gasteiger partial charge is 0.262 e. The summed E-state index contributed by atoms with van der Waals surface area (Å²) >= 11 is 0. The number of aromatic nitrogens is 6. The minimum Gasteiger partial charge on any atom is -0.333 e. The highest BCUT2D eigenvalue weighted by molar-refractivity contribution is 5.62. The number of rotatable bonds is 2. The van der Waals surface area contributed by atoms with Crippen LogP contribution >= 0.6 is 0 Å². The molecule has 0 spiro atoms. The fourth-order valence-electron chi connectivity index (χ4n) is 1.52. The second-order valence-corrected chi connectivity index (χ2v) is 3.60. The number of nitrogens with zero attached hydrogens (tertiary/aromatic N) is 6. The van der Waals surface area contributed by atoms with E-state index >= 15 is 0 Å². The predicted molar refractivity (Wildman–Crippen MR) is 58.8 cm³/mol. The number of nitrogens with one attached hydrogen (secondary N) is 1. The molecule has 0 aliphatic rings. The van der Waals surface area contributed by atoms with Crippen molar-refractivity contribution in [1.82, 2.24) is 30.1 Å². The maximum Gasteiger partial charge on any atom is 0.262 e. The highest BCUT2D eigenvalue weighted by Crippen LogP contribution is 2.22. The van der Waals surface area contributed by atoms with Crippen molar-refractivity contribution in [1.29, 1.82) is 5.26 Å². The average Bonchev–Trinajstić information content (AvgIpc) is 3.07. The van der Waals surface area contributed by atoms with Gasteiger partial charge in [-0.2, -0.15) is 20.4 Å². The zero-order chi connectivity index (χ0) is 12.5. The molecule has 0 radical (unpaired) electrons. The van der Waals surface area contributed by atoms with Crippen molar-refractivity contribution in [2.24, 2.45) is 7.05 Å². The molecule has 0 fully saturated rings. The van der Waals surface area contributed by atoms with Crippen molar-refractivity contribution in [3.63, 3.8) is 0 Å². The Hall–Kier alpha value is -2.95. The Morgan fingerprint density at radius 3 is 3.06 bits per heavy atom. The highest BCUT2D eigenvalue weighted by Gasteiger charge is 2.16. The van der Waals surface area contributed by atoms with E-state index in [9.17, 15) is 0 Å². The first-order chi connectivity index (χ1) is 8.78. The van der Waals surface area contributed by atoms with Gasteiger partial charge in [0, 0.05) is 13.2 Å². The Morgan fingerprint density at radius 1 is 1.44 bits per heavy atom. The van der Waals surface area contributed by atoms with Gasteiger partial charge in [0.1, 0.15) is 11.8 Å². The molecule has 0 aliphatic heterocycles. The molecule has 0 unspecified atom stereocenters. The monoisotopic (exact) mass is 241 g/mol. The van der Waals surface area contributed by atoms with Crippen LogP contribution in [0.3, 0.4) is 0 Å². The maximum absolute atomic E-state index is 8.87. The van der Waals surface area contributed by atoms with E-state index < -0.39 is 0 Å². The molecule has 3 rings (SSSR count). The molecule has 18 heavy (non-hydrogen) atoms. The maximum atomic E-state index is 8.87. The van der Waals surface area contributed by atoms with Crippen LogP contribution < -0.4 is 0 Å². The summed E-state index contributed by atoms with van der Waals surface area (Å²) < 4.78 is 6.75. The Balaban J connectivity index is 2.02. The molecule has 3 aromatic heterocycles. The number of aryl methyl sites for hydroxylation is 1. The fraction of sp³-hybridized carbons (Fsp3) is 0.100. The van der Waals surface area contributed by atoms with Gasteiger partial charge in [0.05, 0.1) is 23.5 Å². The van der Waals surface area contributed by atoms with Crippen molar-refractivity contribution in [3.8, 4) is 28.9 Å². The molecule has 88 valence electrons. The molecule has 0 aromatic carbocycles. The molecule has 0 saturated heterocycles. The minimum atomic E-state index is 0.249. The van der Waals surface area contributed by atoms with Crippen LogP contribution in [0.4, 0.5) is 0 Å². The molecule has 3 aromatic rings. The Kier molecular flexibility index (Phi) is 2.16. The average molecular weight is 241 g/mol. The molecule has 0 aliphatic carbocycles. The molecule has 8 heteroatoms. The number of hydrogen-bond donors (Lipinski definition) is 1. The lowest BCUT2D eigenvalue weighted by Gasteiger charge is -1.86. The first-order valence-corrected chi connectivity index (χ1v) is 5.04. The summed E-state index contributed by atoms with van der Waals surface area (Å²) in [4.78, 5) is 4.20. The summed E-state index contributed by atoms with van der Waals surface area (Å²) in [5.41, 5.74) is 1.52. The SMILES string of the molecule is Cn1cc(-c2noc(-c3cn[nH]c3C#N)n2)cn1. The third-order valence-electron chi connectivity index (χ3n) is 2.37. The third-order valence-corrected chi connectivity index (χ3v) is 2.37. The van der Waals surface area contributed by atoms with Crippen molar-refractivity contribution in [2.75, 3.05) is 0 Å². The van der Waals surface area contributed by atoms with E-state index in [-0.39, 0.29) is 11.6 Å². The number of hydrogen-bond acceptors (Lipinski definition) is 6. The van der Waals surface area contributed by atoms with E-state index in [2.05, 4.69) is 25.4 Å². The predicted octanol–water partition coefficient (Wildman–Crippen LogP) is 0.732. The summed E-state index contributed by atoms with van der Waals surface area (Å²) in [6.45, 7) is 0. The first kappa shape index (κ1) is 10.2. The quantitative estimate of drug-likeness (QED) is 0.708. The molecule has 0 amide bonds. The van der Waals surface area contributed by atoms with Crippen LogP contribution in [0, 0.1) is 11.3 Å². The van der Waals surface area contributed by atoms with Crippen molar-refractivity contribution >= 4 is 0 Å². The summed E-state index contributed by atoms with van der Waals surface area (Å²) in [6.07, 6.45) is 4.88. The zero-order valence-electron chi connectivity index (χ0n) is 9.32. The van der Waals surface area contributed by atoms with Gasteiger partial charge in [0.25, 0.3) is 5.89 Å². The topological polar surface area (TPSA) is 109 Å². The van der Waals surface area contributed by atoms with Gasteiger partial charge in [0.15, 0.2) is 0 Å². The van der Waals surface area contributed by atoms with Crippen LogP contribution in [0.1, 0.15) is 5.69 Å². The van der Waals surface area contributed by atoms with Crippen LogP contribution in [0.5, 0.6) is 0 Å². The van der Waals surface area contributed by atoms with Crippen molar-refractivity contribution < 1.29 is 4.52 Å². The normalized spacial score (nSPS) is 10.4. The summed E-state index contributed by atoms with van der Waals surface area (Å²) in [5.74, 6) is 0.669. The zero-order valence-corrected chi connectivity index (χ0v) is 9.32. The molecule has 8 nitrogen and oxygen atoms in total. The van der Waals surface area contributed by atoms with Crippen molar-refractivity contribution in [3.05, 3.63) is 24.3 Å². The molecule has 0 atom stereocenters. The second kappa shape index (κ2) is 3.81. The van der Waals surface area contributed by atoms with Crippen LogP contribution in [-0.2, 0) is 7.05 Å². The molecule has 1 N–H and O–H groups in total. The molecule has 3 heterocycles. The Labute approximate surface area is 101 Å². The highest BCUT2D eigenvalue weighted by atomic mass is 16.5. The van der Waals surface area contributed by atoms with E-state index in [0.717, 1.165) is 5.56 Å². The van der Waals surface area contributed by atoms with Crippen molar-refractivity contribution in [2.45, 2.75) is 0 Å². The number of nitriles is 1.